The molecular weight excluding hydrogens is 478 g/mol. The monoisotopic (exact) mass is 507 g/mol. The number of carboxylic acid groups (broad SMARTS) is 1. The predicted octanol–water partition coefficient (Wildman–Crippen LogP) is 5.32. The third-order valence-corrected chi connectivity index (χ3v) is 10.0. The van der Waals surface area contributed by atoms with Crippen LogP contribution >= 0.6 is 11.3 Å². The molecule has 0 amide bonds. The van der Waals surface area contributed by atoms with Crippen molar-refractivity contribution in [2.24, 2.45) is 11.8 Å². The van der Waals surface area contributed by atoms with Crippen molar-refractivity contribution in [2.45, 2.75) is 81.6 Å². The molecule has 4 heterocycles. The van der Waals surface area contributed by atoms with E-state index in [0.29, 0.717) is 54.2 Å². The van der Waals surface area contributed by atoms with E-state index >= 15 is 0 Å². The summed E-state index contributed by atoms with van der Waals surface area (Å²) in [6.45, 7) is 0.631. The molecule has 8 rings (SSSR count). The lowest BCUT2D eigenvalue weighted by Crippen LogP contribution is -2.41. The van der Waals surface area contributed by atoms with Gasteiger partial charge in [0.25, 0.3) is 0 Å². The molecule has 0 radical (unpaired) electrons. The molecule has 3 aliphatic carbocycles. The maximum atomic E-state index is 11.6. The number of rotatable bonds is 8. The maximum absolute atomic E-state index is 11.6. The number of hydrogen-bond donors (Lipinski definition) is 1. The minimum atomic E-state index is -0.952. The van der Waals surface area contributed by atoms with E-state index in [9.17, 15) is 9.90 Å². The summed E-state index contributed by atoms with van der Waals surface area (Å²) in [5.41, 5.74) is 3.39. The van der Waals surface area contributed by atoms with Gasteiger partial charge in [0.1, 0.15) is 17.0 Å². The number of anilines is 1. The predicted molar refractivity (Wildman–Crippen MR) is 133 cm³/mol. The standard InChI is InChI=1S/C27H29N3O5S/c1-33-19-8-14(26(31)32)9-20-23(19)28-27(36-20)30-15-6-7-18(30)21-16(10-15)25(21)34-11-17-22(12-2-3-12)29-35-24(17)13-4-5-13/h8-9,12-13,15-16,18,21,25H,2-7,10-11H2,1H3,(H,31,32)/t15?,16?,18?,21?,25-/m0/s1. The second-order valence-electron chi connectivity index (χ2n) is 11.2. The lowest BCUT2D eigenvalue weighted by molar-refractivity contribution is 0.0696. The number of aromatic nitrogens is 2. The first-order valence-corrected chi connectivity index (χ1v) is 14.0. The van der Waals surface area contributed by atoms with Gasteiger partial charge in [0.2, 0.25) is 0 Å². The smallest absolute Gasteiger partial charge is 0.335 e. The highest BCUT2D eigenvalue weighted by molar-refractivity contribution is 7.22. The molecule has 9 heteroatoms. The molecule has 5 aliphatic rings. The number of benzene rings is 1. The number of piperidine rings is 1. The molecule has 2 aromatic heterocycles. The van der Waals surface area contributed by atoms with E-state index in [1.54, 1.807) is 30.6 Å². The molecular formula is C27H29N3O5S. The van der Waals surface area contributed by atoms with Crippen LogP contribution < -0.4 is 9.64 Å². The summed E-state index contributed by atoms with van der Waals surface area (Å²) >= 11 is 1.58. The van der Waals surface area contributed by atoms with Crippen molar-refractivity contribution in [1.29, 1.82) is 0 Å². The van der Waals surface area contributed by atoms with Crippen molar-refractivity contribution in [3.8, 4) is 5.75 Å². The highest BCUT2D eigenvalue weighted by atomic mass is 32.1. The number of ether oxygens (including phenoxy) is 2. The van der Waals surface area contributed by atoms with Crippen LogP contribution in [0, 0.1) is 11.8 Å². The summed E-state index contributed by atoms with van der Waals surface area (Å²) in [6.07, 6.45) is 8.62. The Morgan fingerprint density at radius 3 is 2.78 bits per heavy atom. The zero-order chi connectivity index (χ0) is 24.1. The fraction of sp³-hybridized carbons (Fsp3) is 0.593. The zero-order valence-corrected chi connectivity index (χ0v) is 21.0. The third kappa shape index (κ3) is 3.24. The summed E-state index contributed by atoms with van der Waals surface area (Å²) in [5.74, 6) is 2.93. The summed E-state index contributed by atoms with van der Waals surface area (Å²) in [6, 6.07) is 4.18. The molecule has 5 atom stereocenters. The second kappa shape index (κ2) is 7.68. The second-order valence-corrected chi connectivity index (χ2v) is 12.3. The Hall–Kier alpha value is -2.65. The van der Waals surface area contributed by atoms with Crippen LogP contribution in [-0.4, -0.2) is 46.5 Å². The fourth-order valence-corrected chi connectivity index (χ4v) is 8.06. The molecule has 2 saturated heterocycles. The Labute approximate surface area is 212 Å². The first-order chi connectivity index (χ1) is 17.6. The Balaban J connectivity index is 1.04. The number of fused-ring (bicyclic) bond motifs is 5. The van der Waals surface area contributed by atoms with Gasteiger partial charge in [0.05, 0.1) is 35.8 Å². The van der Waals surface area contributed by atoms with Gasteiger partial charge in [-0.15, -0.1) is 0 Å². The molecule has 0 spiro atoms. The Morgan fingerprint density at radius 2 is 2.03 bits per heavy atom. The van der Waals surface area contributed by atoms with Gasteiger partial charge in [-0.25, -0.2) is 9.78 Å². The molecule has 8 nitrogen and oxygen atoms in total. The van der Waals surface area contributed by atoms with Crippen LogP contribution in [0.2, 0.25) is 0 Å². The van der Waals surface area contributed by atoms with Gasteiger partial charge < -0.3 is 24.0 Å². The van der Waals surface area contributed by atoms with E-state index in [4.69, 9.17) is 19.0 Å². The molecule has 1 aromatic carbocycles. The van der Waals surface area contributed by atoms with Crippen molar-refractivity contribution in [1.82, 2.24) is 10.1 Å². The van der Waals surface area contributed by atoms with Gasteiger partial charge in [-0.2, -0.15) is 0 Å². The third-order valence-electron chi connectivity index (χ3n) is 9.01. The summed E-state index contributed by atoms with van der Waals surface area (Å²) < 4.78 is 18.8. The lowest BCUT2D eigenvalue weighted by Gasteiger charge is -2.33. The van der Waals surface area contributed by atoms with Crippen molar-refractivity contribution in [2.75, 3.05) is 12.0 Å². The van der Waals surface area contributed by atoms with Crippen LogP contribution in [0.1, 0.15) is 84.2 Å². The van der Waals surface area contributed by atoms with Gasteiger partial charge >= 0.3 is 5.97 Å². The Kier molecular flexibility index (Phi) is 4.57. The maximum Gasteiger partial charge on any atom is 0.335 e. The minimum absolute atomic E-state index is 0.233. The van der Waals surface area contributed by atoms with Crippen LogP contribution in [0.5, 0.6) is 5.75 Å². The van der Waals surface area contributed by atoms with Gasteiger partial charge in [-0.3, -0.25) is 0 Å². The topological polar surface area (TPSA) is 97.9 Å². The molecule has 2 aliphatic heterocycles. The molecule has 1 N–H and O–H groups in total. The number of carbonyl (C=O) groups is 1. The fourth-order valence-electron chi connectivity index (χ4n) is 6.91. The van der Waals surface area contributed by atoms with E-state index in [0.717, 1.165) is 39.6 Å². The van der Waals surface area contributed by atoms with Crippen LogP contribution in [0.25, 0.3) is 10.2 Å². The van der Waals surface area contributed by atoms with Crippen molar-refractivity contribution >= 4 is 32.7 Å². The van der Waals surface area contributed by atoms with E-state index in [-0.39, 0.29) is 5.56 Å². The molecule has 2 bridgehead atoms. The molecule has 188 valence electrons. The van der Waals surface area contributed by atoms with E-state index in [1.807, 2.05) is 0 Å². The Morgan fingerprint density at radius 1 is 1.19 bits per heavy atom. The van der Waals surface area contributed by atoms with Gasteiger partial charge in [-0.05, 0) is 63.0 Å². The highest BCUT2D eigenvalue weighted by Crippen LogP contribution is 2.59. The minimum Gasteiger partial charge on any atom is -0.494 e. The van der Waals surface area contributed by atoms with Crippen molar-refractivity contribution < 1.29 is 23.9 Å². The number of methoxy groups -OCH3 is 1. The van der Waals surface area contributed by atoms with E-state index in [1.165, 1.54) is 37.7 Å². The SMILES string of the molecule is COc1cc(C(=O)O)cc2sc(N3C4CCC3C3C(C4)[C@@H]3OCc3c(C4CC4)noc3C3CC3)nc12. The van der Waals surface area contributed by atoms with Gasteiger partial charge in [0, 0.05) is 35.4 Å². The van der Waals surface area contributed by atoms with Gasteiger partial charge in [0.15, 0.2) is 5.13 Å². The quantitative estimate of drug-likeness (QED) is 0.438. The van der Waals surface area contributed by atoms with E-state index in [2.05, 4.69) is 10.1 Å². The number of aromatic carboxylic acids is 1. The first kappa shape index (κ1) is 21.4. The van der Waals surface area contributed by atoms with Crippen LogP contribution in [0.15, 0.2) is 16.7 Å². The van der Waals surface area contributed by atoms with Gasteiger partial charge in [-0.1, -0.05) is 16.5 Å². The number of thiazole rings is 1. The molecule has 3 saturated carbocycles. The first-order valence-electron chi connectivity index (χ1n) is 13.2. The average Bonchev–Trinajstić information content (AvgIpc) is 3.82. The summed E-state index contributed by atoms with van der Waals surface area (Å²) in [4.78, 5) is 19.1. The molecule has 5 fully saturated rings. The zero-order valence-electron chi connectivity index (χ0n) is 20.2. The summed E-state index contributed by atoms with van der Waals surface area (Å²) in [5, 5.41) is 14.9. The lowest BCUT2D eigenvalue weighted by atomic mass is 10.0. The largest absolute Gasteiger partial charge is 0.494 e. The summed E-state index contributed by atoms with van der Waals surface area (Å²) in [7, 11) is 1.57. The van der Waals surface area contributed by atoms with Crippen molar-refractivity contribution in [3.05, 3.63) is 34.7 Å². The van der Waals surface area contributed by atoms with Crippen LogP contribution in [0.4, 0.5) is 5.13 Å². The average molecular weight is 508 g/mol. The van der Waals surface area contributed by atoms with Crippen LogP contribution in [-0.2, 0) is 11.3 Å². The Bertz CT molecular complexity index is 1350. The van der Waals surface area contributed by atoms with Crippen LogP contribution in [0.3, 0.4) is 0 Å². The number of nitrogens with zero attached hydrogens (tertiary/aromatic N) is 3. The van der Waals surface area contributed by atoms with Crippen molar-refractivity contribution in [3.63, 3.8) is 0 Å². The molecule has 36 heavy (non-hydrogen) atoms. The normalized spacial score (nSPS) is 30.6. The highest BCUT2D eigenvalue weighted by Gasteiger charge is 2.63. The number of carboxylic acids is 1. The van der Waals surface area contributed by atoms with E-state index < -0.39 is 5.97 Å². The molecule has 4 unspecified atom stereocenters. The number of hydrogen-bond acceptors (Lipinski definition) is 8. The molecule has 3 aromatic rings.